The first-order valence-corrected chi connectivity index (χ1v) is 6.54. The fourth-order valence-corrected chi connectivity index (χ4v) is 2.59. The maximum atomic E-state index is 12.1. The number of aryl methyl sites for hydroxylation is 1. The Kier molecular flexibility index (Phi) is 2.96. The molecule has 0 radical (unpaired) electrons. The third-order valence-electron chi connectivity index (χ3n) is 2.39. The van der Waals surface area contributed by atoms with Crippen molar-refractivity contribution in [2.75, 3.05) is 0 Å². The van der Waals surface area contributed by atoms with Crippen molar-refractivity contribution < 1.29 is 22.7 Å². The molecule has 5 nitrogen and oxygen atoms in total. The summed E-state index contributed by atoms with van der Waals surface area (Å²) in [5.41, 5.74) is 0.930. The van der Waals surface area contributed by atoms with Gasteiger partial charge in [0.2, 0.25) is 20.7 Å². The number of sulfone groups is 1. The van der Waals surface area contributed by atoms with E-state index in [4.69, 9.17) is 9.52 Å². The molecular formula is C12H10O5S. The van der Waals surface area contributed by atoms with Crippen molar-refractivity contribution in [1.82, 2.24) is 0 Å². The largest absolute Gasteiger partial charge is 0.475 e. The summed E-state index contributed by atoms with van der Waals surface area (Å²) in [6, 6.07) is 8.48. The van der Waals surface area contributed by atoms with E-state index in [1.54, 1.807) is 12.1 Å². The molecule has 0 fully saturated rings. The summed E-state index contributed by atoms with van der Waals surface area (Å²) in [6.07, 6.45) is 0. The van der Waals surface area contributed by atoms with Gasteiger partial charge in [-0.3, -0.25) is 0 Å². The van der Waals surface area contributed by atoms with Crippen molar-refractivity contribution in [1.29, 1.82) is 0 Å². The Labute approximate surface area is 104 Å². The number of hydrogen-bond acceptors (Lipinski definition) is 4. The monoisotopic (exact) mass is 266 g/mol. The second kappa shape index (κ2) is 4.30. The Hall–Kier alpha value is -2.08. The molecule has 0 aliphatic carbocycles. The molecule has 6 heteroatoms. The highest BCUT2D eigenvalue weighted by molar-refractivity contribution is 7.91. The summed E-state index contributed by atoms with van der Waals surface area (Å²) >= 11 is 0. The topological polar surface area (TPSA) is 84.6 Å². The lowest BCUT2D eigenvalue weighted by atomic mass is 10.2. The molecule has 0 aliphatic rings. The summed E-state index contributed by atoms with van der Waals surface area (Å²) in [4.78, 5) is 10.7. The first kappa shape index (κ1) is 12.4. The number of carboxylic acid groups (broad SMARTS) is 1. The average Bonchev–Trinajstić information content (AvgIpc) is 2.79. The van der Waals surface area contributed by atoms with Crippen molar-refractivity contribution >= 4 is 15.8 Å². The molecule has 0 saturated heterocycles. The predicted octanol–water partition coefficient (Wildman–Crippen LogP) is 2.12. The normalized spacial score (nSPS) is 11.4. The molecule has 1 aromatic heterocycles. The van der Waals surface area contributed by atoms with E-state index >= 15 is 0 Å². The van der Waals surface area contributed by atoms with Crippen molar-refractivity contribution in [3.05, 3.63) is 47.7 Å². The zero-order valence-corrected chi connectivity index (χ0v) is 10.3. The van der Waals surface area contributed by atoms with E-state index < -0.39 is 21.6 Å². The summed E-state index contributed by atoms with van der Waals surface area (Å²) < 4.78 is 29.0. The van der Waals surface area contributed by atoms with Gasteiger partial charge in [-0.1, -0.05) is 17.7 Å². The number of carboxylic acids is 1. The van der Waals surface area contributed by atoms with Crippen molar-refractivity contribution in [3.8, 4) is 0 Å². The van der Waals surface area contributed by atoms with Gasteiger partial charge in [0.15, 0.2) is 0 Å². The van der Waals surface area contributed by atoms with Gasteiger partial charge in [-0.25, -0.2) is 13.2 Å². The van der Waals surface area contributed by atoms with E-state index in [0.29, 0.717) is 0 Å². The number of benzene rings is 1. The molecule has 0 atom stereocenters. The Morgan fingerprint density at radius 2 is 1.72 bits per heavy atom. The molecule has 2 rings (SSSR count). The van der Waals surface area contributed by atoms with Gasteiger partial charge in [0, 0.05) is 0 Å². The van der Waals surface area contributed by atoms with Gasteiger partial charge >= 0.3 is 5.97 Å². The van der Waals surface area contributed by atoms with Crippen LogP contribution in [0.15, 0.2) is 50.8 Å². The van der Waals surface area contributed by atoms with Gasteiger partial charge in [0.25, 0.3) is 0 Å². The Balaban J connectivity index is 2.47. The van der Waals surface area contributed by atoms with Crippen LogP contribution >= 0.6 is 0 Å². The molecule has 1 heterocycles. The zero-order valence-electron chi connectivity index (χ0n) is 9.45. The van der Waals surface area contributed by atoms with E-state index in [0.717, 1.165) is 17.7 Å². The van der Waals surface area contributed by atoms with Crippen LogP contribution in [0.3, 0.4) is 0 Å². The number of furan rings is 1. The molecule has 0 amide bonds. The maximum absolute atomic E-state index is 12.1. The van der Waals surface area contributed by atoms with Crippen LogP contribution in [0.2, 0.25) is 0 Å². The van der Waals surface area contributed by atoms with E-state index in [1.165, 1.54) is 12.1 Å². The molecular weight excluding hydrogens is 256 g/mol. The van der Waals surface area contributed by atoms with E-state index in [1.807, 2.05) is 6.92 Å². The molecule has 1 aromatic carbocycles. The van der Waals surface area contributed by atoms with Crippen LogP contribution in [0.4, 0.5) is 0 Å². The lowest BCUT2D eigenvalue weighted by Gasteiger charge is -2.01. The lowest BCUT2D eigenvalue weighted by molar-refractivity contribution is 0.0656. The lowest BCUT2D eigenvalue weighted by Crippen LogP contribution is -2.00. The molecule has 18 heavy (non-hydrogen) atoms. The van der Waals surface area contributed by atoms with Crippen LogP contribution in [-0.4, -0.2) is 19.5 Å². The van der Waals surface area contributed by atoms with Crippen LogP contribution in [0.25, 0.3) is 0 Å². The second-order valence-corrected chi connectivity index (χ2v) is 5.62. The number of aromatic carboxylic acids is 1. The van der Waals surface area contributed by atoms with Crippen molar-refractivity contribution in [3.63, 3.8) is 0 Å². The van der Waals surface area contributed by atoms with Crippen LogP contribution < -0.4 is 0 Å². The van der Waals surface area contributed by atoms with Gasteiger partial charge < -0.3 is 9.52 Å². The van der Waals surface area contributed by atoms with Gasteiger partial charge in [0.05, 0.1) is 4.90 Å². The van der Waals surface area contributed by atoms with Gasteiger partial charge in [-0.2, -0.15) is 0 Å². The SMILES string of the molecule is Cc1ccc(S(=O)(=O)c2ccc(C(=O)O)o2)cc1. The molecule has 0 saturated carbocycles. The standard InChI is InChI=1S/C12H10O5S/c1-8-2-4-9(5-3-8)18(15,16)11-7-6-10(17-11)12(13)14/h2-7H,1H3,(H,13,14). The number of hydrogen-bond donors (Lipinski definition) is 1. The van der Waals surface area contributed by atoms with Crippen LogP contribution in [-0.2, 0) is 9.84 Å². The fourth-order valence-electron chi connectivity index (χ4n) is 1.41. The van der Waals surface area contributed by atoms with Gasteiger partial charge in [0.1, 0.15) is 0 Å². The first-order chi connectivity index (χ1) is 8.41. The van der Waals surface area contributed by atoms with Crippen LogP contribution in [0.5, 0.6) is 0 Å². The first-order valence-electron chi connectivity index (χ1n) is 5.06. The van der Waals surface area contributed by atoms with E-state index in [2.05, 4.69) is 0 Å². The fraction of sp³-hybridized carbons (Fsp3) is 0.0833. The Morgan fingerprint density at radius 1 is 1.11 bits per heavy atom. The second-order valence-electron chi connectivity index (χ2n) is 3.74. The highest BCUT2D eigenvalue weighted by Crippen LogP contribution is 2.23. The summed E-state index contributed by atoms with van der Waals surface area (Å²) in [5, 5.41) is 8.31. The highest BCUT2D eigenvalue weighted by Gasteiger charge is 2.23. The molecule has 0 aliphatic heterocycles. The molecule has 1 N–H and O–H groups in total. The summed E-state index contributed by atoms with van der Waals surface area (Å²) in [7, 11) is -3.80. The molecule has 0 bridgehead atoms. The summed E-state index contributed by atoms with van der Waals surface area (Å²) in [5.74, 6) is -1.71. The smallest absolute Gasteiger partial charge is 0.371 e. The number of carbonyl (C=O) groups is 1. The van der Waals surface area contributed by atoms with Crippen LogP contribution in [0.1, 0.15) is 16.1 Å². The van der Waals surface area contributed by atoms with Gasteiger partial charge in [-0.05, 0) is 31.2 Å². The zero-order chi connectivity index (χ0) is 13.3. The maximum Gasteiger partial charge on any atom is 0.371 e. The number of rotatable bonds is 3. The average molecular weight is 266 g/mol. The minimum Gasteiger partial charge on any atom is -0.475 e. The molecule has 0 unspecified atom stereocenters. The minimum atomic E-state index is -3.80. The molecule has 0 spiro atoms. The highest BCUT2D eigenvalue weighted by atomic mass is 32.2. The van der Waals surface area contributed by atoms with Crippen molar-refractivity contribution in [2.45, 2.75) is 16.9 Å². The quantitative estimate of drug-likeness (QED) is 0.919. The predicted molar refractivity (Wildman–Crippen MR) is 62.3 cm³/mol. The summed E-state index contributed by atoms with van der Waals surface area (Å²) in [6.45, 7) is 1.84. The van der Waals surface area contributed by atoms with Crippen molar-refractivity contribution in [2.24, 2.45) is 0 Å². The third-order valence-corrected chi connectivity index (χ3v) is 4.03. The molecule has 2 aromatic rings. The minimum absolute atomic E-state index is 0.0689. The Morgan fingerprint density at radius 3 is 2.22 bits per heavy atom. The Bertz CT molecular complexity index is 680. The van der Waals surface area contributed by atoms with E-state index in [-0.39, 0.29) is 9.99 Å². The van der Waals surface area contributed by atoms with Crippen LogP contribution in [0, 0.1) is 6.92 Å². The van der Waals surface area contributed by atoms with Gasteiger partial charge in [-0.15, -0.1) is 0 Å². The molecule has 94 valence electrons. The third kappa shape index (κ3) is 2.14. The van der Waals surface area contributed by atoms with E-state index in [9.17, 15) is 13.2 Å².